The van der Waals surface area contributed by atoms with Crippen LogP contribution in [0.5, 0.6) is 5.75 Å². The van der Waals surface area contributed by atoms with Crippen molar-refractivity contribution in [2.24, 2.45) is 5.73 Å². The molecule has 0 bridgehead atoms. The molecule has 2 heterocycles. The minimum atomic E-state index is -3.73. The number of nitrogens with one attached hydrogen (secondary N) is 1. The molecular formula is C23H23N5O5S. The summed E-state index contributed by atoms with van der Waals surface area (Å²) in [5, 5.41) is 8.76. The summed E-state index contributed by atoms with van der Waals surface area (Å²) in [7, 11) is -2.25. The van der Waals surface area contributed by atoms with Gasteiger partial charge in [-0.15, -0.1) is 0 Å². The highest BCUT2D eigenvalue weighted by atomic mass is 32.2. The summed E-state index contributed by atoms with van der Waals surface area (Å²) in [5.41, 5.74) is 7.97. The predicted octanol–water partition coefficient (Wildman–Crippen LogP) is 2.61. The van der Waals surface area contributed by atoms with Gasteiger partial charge in [0.05, 0.1) is 25.1 Å². The Bertz CT molecular complexity index is 1460. The van der Waals surface area contributed by atoms with Gasteiger partial charge < -0.3 is 15.0 Å². The van der Waals surface area contributed by atoms with E-state index in [1.807, 2.05) is 6.07 Å². The van der Waals surface area contributed by atoms with Crippen LogP contribution in [-0.2, 0) is 33.5 Å². The number of carbonyl (C=O) groups excluding carboxylic acids is 1. The molecule has 176 valence electrons. The van der Waals surface area contributed by atoms with Crippen LogP contribution >= 0.6 is 0 Å². The number of ether oxygens (including phenoxy) is 1. The number of hydrogen-bond donors (Lipinski definition) is 2. The molecular weight excluding hydrogens is 458 g/mol. The quantitative estimate of drug-likeness (QED) is 0.332. The molecule has 34 heavy (non-hydrogen) atoms. The zero-order valence-electron chi connectivity index (χ0n) is 18.4. The van der Waals surface area contributed by atoms with Crippen molar-refractivity contribution in [2.45, 2.75) is 18.7 Å². The van der Waals surface area contributed by atoms with E-state index in [1.54, 1.807) is 53.3 Å². The van der Waals surface area contributed by atoms with Gasteiger partial charge in [-0.25, -0.2) is 8.42 Å². The van der Waals surface area contributed by atoms with Crippen molar-refractivity contribution in [2.75, 3.05) is 11.8 Å². The van der Waals surface area contributed by atoms with Crippen molar-refractivity contribution in [3.8, 4) is 5.75 Å². The highest BCUT2D eigenvalue weighted by Crippen LogP contribution is 2.34. The molecule has 1 amide bonds. The minimum Gasteiger partial charge on any atom is -0.496 e. The van der Waals surface area contributed by atoms with Crippen LogP contribution in [0.2, 0.25) is 0 Å². The van der Waals surface area contributed by atoms with Gasteiger partial charge in [-0.2, -0.15) is 5.10 Å². The number of primary amides is 1. The summed E-state index contributed by atoms with van der Waals surface area (Å²) in [4.78, 5) is 11.2. The van der Waals surface area contributed by atoms with Gasteiger partial charge in [0.25, 0.3) is 0 Å². The monoisotopic (exact) mass is 481 g/mol. The Balaban J connectivity index is 1.56. The highest BCUT2D eigenvalue weighted by molar-refractivity contribution is 7.91. The lowest BCUT2D eigenvalue weighted by Gasteiger charge is -2.09. The van der Waals surface area contributed by atoms with Crippen LogP contribution < -0.4 is 15.2 Å². The van der Waals surface area contributed by atoms with Gasteiger partial charge in [0, 0.05) is 18.2 Å². The number of aromatic nitrogens is 3. The maximum Gasteiger partial charge on any atom is 0.244 e. The lowest BCUT2D eigenvalue weighted by atomic mass is 10.1. The summed E-state index contributed by atoms with van der Waals surface area (Å²) >= 11 is 0. The molecule has 4 aromatic rings. The number of sulfonamides is 1. The first-order valence-electron chi connectivity index (χ1n) is 10.2. The van der Waals surface area contributed by atoms with Crippen molar-refractivity contribution in [3.63, 3.8) is 0 Å². The fourth-order valence-corrected chi connectivity index (χ4v) is 4.61. The number of nitrogens with two attached hydrogens (primary N) is 1. The maximum atomic E-state index is 12.7. The number of anilines is 1. The first-order chi connectivity index (χ1) is 16.2. The summed E-state index contributed by atoms with van der Waals surface area (Å²) in [6, 6.07) is 14.1. The Morgan fingerprint density at radius 3 is 2.68 bits per heavy atom. The second-order valence-electron chi connectivity index (χ2n) is 7.70. The highest BCUT2D eigenvalue weighted by Gasteiger charge is 2.21. The zero-order chi connectivity index (χ0) is 24.3. The molecule has 0 saturated heterocycles. The van der Waals surface area contributed by atoms with E-state index < -0.39 is 15.9 Å². The fraction of sp³-hybridized carbons (Fsp3) is 0.174. The zero-order valence-corrected chi connectivity index (χ0v) is 19.2. The molecule has 0 fully saturated rings. The fourth-order valence-electron chi connectivity index (χ4n) is 3.47. The third-order valence-electron chi connectivity index (χ3n) is 5.05. The van der Waals surface area contributed by atoms with Crippen molar-refractivity contribution in [1.82, 2.24) is 14.9 Å². The van der Waals surface area contributed by atoms with Gasteiger partial charge in [0.15, 0.2) is 11.4 Å². The van der Waals surface area contributed by atoms with Crippen LogP contribution in [0.25, 0.3) is 11.0 Å². The normalized spacial score (nSPS) is 11.4. The van der Waals surface area contributed by atoms with Crippen molar-refractivity contribution >= 4 is 32.7 Å². The summed E-state index contributed by atoms with van der Waals surface area (Å²) in [6.07, 6.45) is 2.03. The molecule has 4 rings (SSSR count). The van der Waals surface area contributed by atoms with Crippen LogP contribution in [-0.4, -0.2) is 36.4 Å². The molecule has 0 unspecified atom stereocenters. The molecule has 0 atom stereocenters. The largest absolute Gasteiger partial charge is 0.496 e. The van der Waals surface area contributed by atoms with Crippen LogP contribution in [0.1, 0.15) is 16.8 Å². The number of rotatable bonds is 10. The van der Waals surface area contributed by atoms with Crippen molar-refractivity contribution in [1.29, 1.82) is 0 Å². The van der Waals surface area contributed by atoms with Gasteiger partial charge >= 0.3 is 0 Å². The number of fused-ring (bicyclic) bond motifs is 1. The molecule has 11 heteroatoms. The molecule has 0 aliphatic heterocycles. The van der Waals surface area contributed by atoms with Crippen molar-refractivity contribution in [3.05, 3.63) is 83.7 Å². The van der Waals surface area contributed by atoms with Gasteiger partial charge in [-0.3, -0.25) is 14.2 Å². The summed E-state index contributed by atoms with van der Waals surface area (Å²) < 4.78 is 40.4. The molecule has 2 aromatic carbocycles. The Kier molecular flexibility index (Phi) is 6.37. The van der Waals surface area contributed by atoms with Crippen molar-refractivity contribution < 1.29 is 22.5 Å². The van der Waals surface area contributed by atoms with E-state index in [1.165, 1.54) is 7.11 Å². The molecule has 0 spiro atoms. The van der Waals surface area contributed by atoms with Crippen LogP contribution in [0.4, 0.5) is 5.82 Å². The second kappa shape index (κ2) is 9.40. The van der Waals surface area contributed by atoms with E-state index in [-0.39, 0.29) is 23.6 Å². The molecule has 3 N–H and O–H groups in total. The Hall–Kier alpha value is -4.12. The van der Waals surface area contributed by atoms with Crippen LogP contribution in [0.3, 0.4) is 0 Å². The molecule has 10 nitrogen and oxygen atoms in total. The van der Waals surface area contributed by atoms with Gasteiger partial charge in [-0.1, -0.05) is 42.1 Å². The first-order valence-corrected chi connectivity index (χ1v) is 11.9. The third-order valence-corrected chi connectivity index (χ3v) is 6.27. The summed E-state index contributed by atoms with van der Waals surface area (Å²) in [6.45, 7) is 4.02. The number of amides is 1. The van der Waals surface area contributed by atoms with Gasteiger partial charge in [0.2, 0.25) is 15.9 Å². The minimum absolute atomic E-state index is 0.0562. The Labute approximate surface area is 196 Å². The van der Waals surface area contributed by atoms with E-state index in [0.29, 0.717) is 34.5 Å². The molecule has 0 aliphatic carbocycles. The van der Waals surface area contributed by atoms with Gasteiger partial charge in [0.1, 0.15) is 11.1 Å². The average Bonchev–Trinajstić information content (AvgIpc) is 3.40. The Morgan fingerprint density at radius 2 is 1.97 bits per heavy atom. The predicted molar refractivity (Wildman–Crippen MR) is 127 cm³/mol. The molecule has 0 aliphatic rings. The van der Waals surface area contributed by atoms with Gasteiger partial charge in [-0.05, 0) is 29.3 Å². The first kappa shape index (κ1) is 23.1. The number of carbonyl (C=O) groups is 1. The number of hydrogen-bond acceptors (Lipinski definition) is 7. The van der Waals surface area contributed by atoms with E-state index >= 15 is 0 Å². The number of benzene rings is 2. The summed E-state index contributed by atoms with van der Waals surface area (Å²) in [5.74, 6) is -0.307. The average molecular weight is 482 g/mol. The SMILES string of the molecule is C=C(Cc1ccn(Cc2cc(OC)c3c(NS(=O)(=O)Cc4ccccc4)noc3c2)n1)C(N)=O. The van der Waals surface area contributed by atoms with E-state index in [2.05, 4.69) is 21.6 Å². The lowest BCUT2D eigenvalue weighted by Crippen LogP contribution is -2.15. The van der Waals surface area contributed by atoms with Crippen LogP contribution in [0, 0.1) is 0 Å². The maximum absolute atomic E-state index is 12.7. The molecule has 0 radical (unpaired) electrons. The second-order valence-corrected chi connectivity index (χ2v) is 9.42. The number of methoxy groups -OCH3 is 1. The molecule has 0 saturated carbocycles. The standard InChI is InChI=1S/C23H23N5O5S/c1-15(22(24)29)10-18-8-9-28(25-18)13-17-11-19(32-2)21-20(12-17)33-26-23(21)27-34(30,31)14-16-6-4-3-5-7-16/h3-9,11-12H,1,10,13-14H2,2H3,(H2,24,29)(H,26,27). The van der Waals surface area contributed by atoms with E-state index in [4.69, 9.17) is 15.0 Å². The van der Waals surface area contributed by atoms with E-state index in [0.717, 1.165) is 5.56 Å². The lowest BCUT2D eigenvalue weighted by molar-refractivity contribution is -0.114. The topological polar surface area (TPSA) is 142 Å². The third kappa shape index (κ3) is 5.26. The number of nitrogens with zero attached hydrogens (tertiary/aromatic N) is 3. The van der Waals surface area contributed by atoms with E-state index in [9.17, 15) is 13.2 Å². The molecule has 2 aromatic heterocycles. The van der Waals surface area contributed by atoms with Crippen LogP contribution in [0.15, 0.2) is 71.4 Å². The Morgan fingerprint density at radius 1 is 1.21 bits per heavy atom. The smallest absolute Gasteiger partial charge is 0.244 e.